The van der Waals surface area contributed by atoms with Gasteiger partial charge in [0.05, 0.1) is 17.3 Å². The Morgan fingerprint density at radius 3 is 2.42 bits per heavy atom. The van der Waals surface area contributed by atoms with Crippen LogP contribution in [0.4, 0.5) is 20.2 Å². The molecule has 1 atom stereocenters. The highest BCUT2D eigenvalue weighted by Gasteiger charge is 2.36. The normalized spacial score (nSPS) is 18.5. The van der Waals surface area contributed by atoms with Gasteiger partial charge < -0.3 is 15.1 Å². The third-order valence-corrected chi connectivity index (χ3v) is 5.70. The molecule has 2 aromatic carbocycles. The van der Waals surface area contributed by atoms with Crippen molar-refractivity contribution in [2.45, 2.75) is 26.7 Å². The van der Waals surface area contributed by atoms with Crippen molar-refractivity contribution in [3.63, 3.8) is 0 Å². The van der Waals surface area contributed by atoms with Gasteiger partial charge in [0.15, 0.2) is 11.6 Å². The van der Waals surface area contributed by atoms with Crippen LogP contribution >= 0.6 is 0 Å². The van der Waals surface area contributed by atoms with E-state index in [4.69, 9.17) is 0 Å². The number of rotatable bonds is 2. The number of hydrogen-bond acceptors (Lipinski definition) is 3. The molecule has 0 radical (unpaired) electrons. The van der Waals surface area contributed by atoms with E-state index in [1.165, 1.54) is 4.90 Å². The molecule has 0 aromatic heterocycles. The highest BCUT2D eigenvalue weighted by atomic mass is 19.2. The highest BCUT2D eigenvalue weighted by molar-refractivity contribution is 6.10. The number of fused-ring (bicyclic) bond motifs is 1. The third-order valence-electron chi connectivity index (χ3n) is 5.70. The molecule has 8 heteroatoms. The van der Waals surface area contributed by atoms with Gasteiger partial charge in [-0.1, -0.05) is 17.2 Å². The van der Waals surface area contributed by atoms with Gasteiger partial charge in [0.1, 0.15) is 6.54 Å². The fourth-order valence-corrected chi connectivity index (χ4v) is 4.34. The molecule has 1 unspecified atom stereocenters. The van der Waals surface area contributed by atoms with E-state index in [-0.39, 0.29) is 36.3 Å². The fourth-order valence-electron chi connectivity index (χ4n) is 4.34. The van der Waals surface area contributed by atoms with E-state index in [1.54, 1.807) is 4.90 Å². The molecule has 2 heterocycles. The van der Waals surface area contributed by atoms with Gasteiger partial charge >= 0.3 is 0 Å². The zero-order valence-electron chi connectivity index (χ0n) is 17.4. The molecule has 1 N–H and O–H groups in total. The lowest BCUT2D eigenvalue weighted by Gasteiger charge is -2.36. The molecule has 31 heavy (non-hydrogen) atoms. The van der Waals surface area contributed by atoms with E-state index < -0.39 is 23.5 Å². The van der Waals surface area contributed by atoms with Gasteiger partial charge in [-0.3, -0.25) is 14.4 Å². The Morgan fingerprint density at radius 1 is 1.03 bits per heavy atom. The lowest BCUT2D eigenvalue weighted by atomic mass is 9.94. The van der Waals surface area contributed by atoms with Crippen LogP contribution in [0.1, 0.15) is 34.3 Å². The molecular formula is C23H23F2N3O3. The molecular weight excluding hydrogens is 404 g/mol. The Morgan fingerprint density at radius 2 is 1.71 bits per heavy atom. The van der Waals surface area contributed by atoms with Gasteiger partial charge in [-0.25, -0.2) is 8.78 Å². The first-order valence-corrected chi connectivity index (χ1v) is 10.2. The number of anilines is 2. The van der Waals surface area contributed by atoms with E-state index in [1.807, 2.05) is 32.0 Å². The summed E-state index contributed by atoms with van der Waals surface area (Å²) in [5.74, 6) is -3.73. The molecule has 0 spiro atoms. The van der Waals surface area contributed by atoms with Crippen molar-refractivity contribution < 1.29 is 23.2 Å². The van der Waals surface area contributed by atoms with Gasteiger partial charge in [0.25, 0.3) is 5.91 Å². The first-order valence-electron chi connectivity index (χ1n) is 10.2. The lowest BCUT2D eigenvalue weighted by molar-refractivity contribution is -0.125. The molecule has 0 aliphatic carbocycles. The van der Waals surface area contributed by atoms with Crippen LogP contribution in [0.3, 0.4) is 0 Å². The zero-order valence-corrected chi connectivity index (χ0v) is 17.4. The van der Waals surface area contributed by atoms with Crippen LogP contribution in [0.15, 0.2) is 30.3 Å². The van der Waals surface area contributed by atoms with Crippen LogP contribution < -0.4 is 10.2 Å². The van der Waals surface area contributed by atoms with Crippen LogP contribution in [-0.4, -0.2) is 42.3 Å². The smallest absolute Gasteiger partial charge is 0.253 e. The Bertz CT molecular complexity index is 1070. The maximum Gasteiger partial charge on any atom is 0.253 e. The number of likely N-dealkylation sites (tertiary alicyclic amines) is 1. The summed E-state index contributed by atoms with van der Waals surface area (Å²) in [6.45, 7) is 4.31. The van der Waals surface area contributed by atoms with Crippen molar-refractivity contribution in [1.29, 1.82) is 0 Å². The quantitative estimate of drug-likeness (QED) is 0.799. The molecule has 162 valence electrons. The monoisotopic (exact) mass is 427 g/mol. The number of benzene rings is 2. The number of amides is 3. The molecule has 4 rings (SSSR count). The summed E-state index contributed by atoms with van der Waals surface area (Å²) in [5, 5.41) is 2.47. The average Bonchev–Trinajstić information content (AvgIpc) is 2.72. The number of aryl methyl sites for hydroxylation is 2. The van der Waals surface area contributed by atoms with E-state index in [0.717, 1.165) is 23.3 Å². The summed E-state index contributed by atoms with van der Waals surface area (Å²) >= 11 is 0. The molecule has 1 fully saturated rings. The lowest BCUT2D eigenvalue weighted by Crippen LogP contribution is -2.50. The molecule has 2 aromatic rings. The van der Waals surface area contributed by atoms with E-state index >= 15 is 0 Å². The zero-order chi connectivity index (χ0) is 22.3. The molecule has 0 saturated carbocycles. The van der Waals surface area contributed by atoms with Crippen molar-refractivity contribution in [2.75, 3.05) is 29.9 Å². The minimum atomic E-state index is -1.10. The summed E-state index contributed by atoms with van der Waals surface area (Å²) in [5.41, 5.74) is 2.73. The maximum absolute atomic E-state index is 13.8. The summed E-state index contributed by atoms with van der Waals surface area (Å²) in [7, 11) is 0. The Kier molecular flexibility index (Phi) is 5.47. The molecule has 2 aliphatic rings. The largest absolute Gasteiger partial charge is 0.338 e. The number of carbonyl (C=O) groups excluding carboxylic acids is 3. The number of nitrogens with one attached hydrogen (secondary N) is 1. The second kappa shape index (κ2) is 8.09. The molecule has 0 bridgehead atoms. The van der Waals surface area contributed by atoms with Crippen LogP contribution in [0.5, 0.6) is 0 Å². The van der Waals surface area contributed by atoms with Crippen molar-refractivity contribution in [3.05, 3.63) is 58.7 Å². The second-order valence-corrected chi connectivity index (χ2v) is 8.22. The number of carbonyl (C=O) groups is 3. The first kappa shape index (κ1) is 21.0. The highest BCUT2D eigenvalue weighted by Crippen LogP contribution is 2.34. The molecule has 6 nitrogen and oxygen atoms in total. The van der Waals surface area contributed by atoms with Crippen molar-refractivity contribution in [1.82, 2.24) is 4.90 Å². The Balaban J connectivity index is 1.56. The predicted octanol–water partition coefficient (Wildman–Crippen LogP) is 3.42. The van der Waals surface area contributed by atoms with E-state index in [2.05, 4.69) is 5.32 Å². The third kappa shape index (κ3) is 4.15. The summed E-state index contributed by atoms with van der Waals surface area (Å²) < 4.78 is 27.4. The van der Waals surface area contributed by atoms with Gasteiger partial charge in [-0.2, -0.15) is 0 Å². The van der Waals surface area contributed by atoms with Gasteiger partial charge in [0, 0.05) is 30.8 Å². The van der Waals surface area contributed by atoms with Crippen LogP contribution in [-0.2, 0) is 9.59 Å². The number of nitrogens with zero attached hydrogens (tertiary/aromatic N) is 2. The number of hydrogen-bond donors (Lipinski definition) is 1. The second-order valence-electron chi connectivity index (χ2n) is 8.22. The van der Waals surface area contributed by atoms with Crippen LogP contribution in [0, 0.1) is 31.4 Å². The molecule has 3 amide bonds. The van der Waals surface area contributed by atoms with Crippen molar-refractivity contribution in [2.24, 2.45) is 5.92 Å². The first-order chi connectivity index (χ1) is 14.7. The minimum absolute atomic E-state index is 0.0578. The van der Waals surface area contributed by atoms with Gasteiger partial charge in [-0.15, -0.1) is 0 Å². The Labute approximate surface area is 178 Å². The number of piperidine rings is 1. The summed E-state index contributed by atoms with van der Waals surface area (Å²) in [4.78, 5) is 41.2. The summed E-state index contributed by atoms with van der Waals surface area (Å²) in [6.07, 6.45) is 1.18. The van der Waals surface area contributed by atoms with Crippen molar-refractivity contribution >= 4 is 29.1 Å². The fraction of sp³-hybridized carbons (Fsp3) is 0.348. The average molecular weight is 427 g/mol. The standard InChI is InChI=1S/C23H23F2N3O3/c1-13-6-14(2)8-16(7-13)22(30)27-5-3-4-15(11-27)23(31)28-12-21(29)26-19-9-17(24)18(25)10-20(19)28/h6-10,15H,3-5,11-12H2,1-2H3,(H,26,29). The maximum atomic E-state index is 13.8. The molecule has 2 aliphatic heterocycles. The van der Waals surface area contributed by atoms with E-state index in [0.29, 0.717) is 24.9 Å². The van der Waals surface area contributed by atoms with E-state index in [9.17, 15) is 23.2 Å². The molecule has 1 saturated heterocycles. The topological polar surface area (TPSA) is 69.7 Å². The van der Waals surface area contributed by atoms with Gasteiger partial charge in [0.2, 0.25) is 11.8 Å². The van der Waals surface area contributed by atoms with Crippen LogP contribution in [0.25, 0.3) is 0 Å². The summed E-state index contributed by atoms with van der Waals surface area (Å²) in [6, 6.07) is 7.43. The van der Waals surface area contributed by atoms with Crippen molar-refractivity contribution in [3.8, 4) is 0 Å². The van der Waals surface area contributed by atoms with Crippen LogP contribution in [0.2, 0.25) is 0 Å². The SMILES string of the molecule is Cc1cc(C)cc(C(=O)N2CCCC(C(=O)N3CC(=O)Nc4cc(F)c(F)cc43)C2)c1. The predicted molar refractivity (Wildman–Crippen MR) is 112 cm³/mol. The van der Waals surface area contributed by atoms with Gasteiger partial charge in [-0.05, 0) is 38.8 Å². The minimum Gasteiger partial charge on any atom is -0.338 e. The number of halogens is 2. The Hall–Kier alpha value is -3.29.